The number of hydrogen-bond acceptors (Lipinski definition) is 4. The molecule has 3 nitrogen and oxygen atoms in total. The average molecular weight is 330 g/mol. The van der Waals surface area contributed by atoms with Gasteiger partial charge in [-0.15, -0.1) is 11.8 Å². The summed E-state index contributed by atoms with van der Waals surface area (Å²) in [6.45, 7) is 2.12. The molecule has 2 N–H and O–H groups in total. The standard InChI is InChI=1S/C17H16ClN3S/c1-11-5-2-3-8-15(11)22-10-9-14-16-12(19)6-4-7-13(16)20-17(18)21-14/h2-8H,9-10,19H2,1H3. The first-order valence-corrected chi connectivity index (χ1v) is 8.40. The lowest BCUT2D eigenvalue weighted by atomic mass is 10.1. The molecule has 0 bridgehead atoms. The van der Waals surface area contributed by atoms with Crippen molar-refractivity contribution in [3.8, 4) is 0 Å². The summed E-state index contributed by atoms with van der Waals surface area (Å²) < 4.78 is 0. The molecular weight excluding hydrogens is 314 g/mol. The van der Waals surface area contributed by atoms with E-state index in [1.165, 1.54) is 10.5 Å². The fourth-order valence-corrected chi connectivity index (χ4v) is 3.59. The quantitative estimate of drug-likeness (QED) is 0.434. The van der Waals surface area contributed by atoms with Crippen LogP contribution in [0.1, 0.15) is 11.3 Å². The number of nitrogens with two attached hydrogens (primary N) is 1. The number of nitrogen functional groups attached to an aromatic ring is 1. The summed E-state index contributed by atoms with van der Waals surface area (Å²) in [6.07, 6.45) is 0.798. The summed E-state index contributed by atoms with van der Waals surface area (Å²) in [5.74, 6) is 0.918. The Balaban J connectivity index is 1.84. The van der Waals surface area contributed by atoms with E-state index in [2.05, 4.69) is 41.2 Å². The zero-order chi connectivity index (χ0) is 15.5. The molecule has 3 aromatic rings. The third-order valence-electron chi connectivity index (χ3n) is 3.49. The first-order chi connectivity index (χ1) is 10.6. The van der Waals surface area contributed by atoms with Gasteiger partial charge in [0.05, 0.1) is 11.2 Å². The lowest BCUT2D eigenvalue weighted by Crippen LogP contribution is -2.00. The van der Waals surface area contributed by atoms with Gasteiger partial charge < -0.3 is 5.73 Å². The van der Waals surface area contributed by atoms with Crippen LogP contribution in [0.3, 0.4) is 0 Å². The third-order valence-corrected chi connectivity index (χ3v) is 4.84. The first kappa shape index (κ1) is 15.1. The second kappa shape index (κ2) is 6.55. The minimum Gasteiger partial charge on any atom is -0.398 e. The number of hydrogen-bond donors (Lipinski definition) is 1. The Bertz CT molecular complexity index is 820. The first-order valence-electron chi connectivity index (χ1n) is 7.04. The van der Waals surface area contributed by atoms with Crippen molar-refractivity contribution in [1.82, 2.24) is 9.97 Å². The van der Waals surface area contributed by atoms with E-state index in [4.69, 9.17) is 17.3 Å². The summed E-state index contributed by atoms with van der Waals surface area (Å²) in [7, 11) is 0. The highest BCUT2D eigenvalue weighted by molar-refractivity contribution is 7.99. The summed E-state index contributed by atoms with van der Waals surface area (Å²) in [4.78, 5) is 9.91. The number of nitrogens with zero attached hydrogens (tertiary/aromatic N) is 2. The van der Waals surface area contributed by atoms with Crippen LogP contribution in [0.15, 0.2) is 47.4 Å². The van der Waals surface area contributed by atoms with Crippen LogP contribution in [0.25, 0.3) is 10.9 Å². The van der Waals surface area contributed by atoms with E-state index in [-0.39, 0.29) is 5.28 Å². The number of fused-ring (bicyclic) bond motifs is 1. The van der Waals surface area contributed by atoms with Crippen molar-refractivity contribution in [2.24, 2.45) is 0 Å². The SMILES string of the molecule is Cc1ccccc1SCCc1nc(Cl)nc2cccc(N)c12. The third kappa shape index (κ3) is 3.18. The molecule has 22 heavy (non-hydrogen) atoms. The van der Waals surface area contributed by atoms with E-state index < -0.39 is 0 Å². The predicted molar refractivity (Wildman–Crippen MR) is 94.6 cm³/mol. The van der Waals surface area contributed by atoms with Crippen molar-refractivity contribution >= 4 is 40.0 Å². The van der Waals surface area contributed by atoms with Gasteiger partial charge in [0.2, 0.25) is 5.28 Å². The Hall–Kier alpha value is -1.78. The summed E-state index contributed by atoms with van der Waals surface area (Å²) >= 11 is 7.85. The Morgan fingerprint density at radius 3 is 2.73 bits per heavy atom. The molecule has 0 aliphatic rings. The monoisotopic (exact) mass is 329 g/mol. The smallest absolute Gasteiger partial charge is 0.223 e. The van der Waals surface area contributed by atoms with Gasteiger partial charge in [0.1, 0.15) is 0 Å². The normalized spacial score (nSPS) is 11.0. The molecule has 0 saturated heterocycles. The van der Waals surface area contributed by atoms with Crippen molar-refractivity contribution in [2.45, 2.75) is 18.2 Å². The maximum absolute atomic E-state index is 6.08. The fourth-order valence-electron chi connectivity index (χ4n) is 2.41. The van der Waals surface area contributed by atoms with Gasteiger partial charge in [-0.05, 0) is 48.7 Å². The van der Waals surface area contributed by atoms with Gasteiger partial charge >= 0.3 is 0 Å². The predicted octanol–water partition coefficient (Wildman–Crippen LogP) is 4.51. The molecule has 0 spiro atoms. The maximum Gasteiger partial charge on any atom is 0.223 e. The molecule has 0 aliphatic heterocycles. The number of halogens is 1. The van der Waals surface area contributed by atoms with Crippen LogP contribution < -0.4 is 5.73 Å². The molecule has 0 aliphatic carbocycles. The number of thioether (sulfide) groups is 1. The lowest BCUT2D eigenvalue weighted by Gasteiger charge is -2.09. The van der Waals surface area contributed by atoms with Crippen LogP contribution >= 0.6 is 23.4 Å². The van der Waals surface area contributed by atoms with Gasteiger partial charge in [-0.25, -0.2) is 9.97 Å². The van der Waals surface area contributed by atoms with Crippen LogP contribution in [0, 0.1) is 6.92 Å². The van der Waals surface area contributed by atoms with Crippen LogP contribution in [0.4, 0.5) is 5.69 Å². The number of rotatable bonds is 4. The second-order valence-electron chi connectivity index (χ2n) is 5.04. The summed E-state index contributed by atoms with van der Waals surface area (Å²) in [5, 5.41) is 1.19. The van der Waals surface area contributed by atoms with Crippen molar-refractivity contribution < 1.29 is 0 Å². The molecule has 1 heterocycles. The number of aryl methyl sites for hydroxylation is 2. The zero-order valence-electron chi connectivity index (χ0n) is 12.2. The lowest BCUT2D eigenvalue weighted by molar-refractivity contribution is 1.04. The van der Waals surface area contributed by atoms with E-state index in [9.17, 15) is 0 Å². The van der Waals surface area contributed by atoms with Gasteiger partial charge in [-0.2, -0.15) is 0 Å². The van der Waals surface area contributed by atoms with E-state index in [0.29, 0.717) is 5.69 Å². The Morgan fingerprint density at radius 1 is 1.09 bits per heavy atom. The van der Waals surface area contributed by atoms with Gasteiger partial charge in [0.25, 0.3) is 0 Å². The van der Waals surface area contributed by atoms with Crippen molar-refractivity contribution in [3.05, 3.63) is 59.0 Å². The summed E-state index contributed by atoms with van der Waals surface area (Å²) in [5.41, 5.74) is 9.79. The maximum atomic E-state index is 6.08. The Morgan fingerprint density at radius 2 is 1.91 bits per heavy atom. The Labute approximate surface area is 138 Å². The molecule has 3 rings (SSSR count). The van der Waals surface area contributed by atoms with E-state index in [1.807, 2.05) is 30.0 Å². The molecule has 5 heteroatoms. The largest absolute Gasteiger partial charge is 0.398 e. The number of anilines is 1. The molecule has 0 amide bonds. The topological polar surface area (TPSA) is 51.8 Å². The van der Waals surface area contributed by atoms with E-state index in [0.717, 1.165) is 28.8 Å². The van der Waals surface area contributed by atoms with Gasteiger partial charge in [0.15, 0.2) is 0 Å². The van der Waals surface area contributed by atoms with Gasteiger partial charge in [0, 0.05) is 21.7 Å². The van der Waals surface area contributed by atoms with Crippen molar-refractivity contribution in [1.29, 1.82) is 0 Å². The van der Waals surface area contributed by atoms with Crippen LogP contribution in [-0.4, -0.2) is 15.7 Å². The second-order valence-corrected chi connectivity index (χ2v) is 6.52. The zero-order valence-corrected chi connectivity index (χ0v) is 13.8. The van der Waals surface area contributed by atoms with Crippen molar-refractivity contribution in [3.63, 3.8) is 0 Å². The minimum atomic E-state index is 0.272. The molecule has 0 unspecified atom stereocenters. The highest BCUT2D eigenvalue weighted by Crippen LogP contribution is 2.27. The molecule has 1 aromatic heterocycles. The molecule has 0 radical (unpaired) electrons. The molecule has 0 fully saturated rings. The van der Waals surface area contributed by atoms with Gasteiger partial charge in [-0.3, -0.25) is 0 Å². The fraction of sp³-hybridized carbons (Fsp3) is 0.176. The Kier molecular flexibility index (Phi) is 4.50. The van der Waals surface area contributed by atoms with Crippen molar-refractivity contribution in [2.75, 3.05) is 11.5 Å². The molecule has 0 atom stereocenters. The van der Waals surface area contributed by atoms with Crippen LogP contribution in [-0.2, 0) is 6.42 Å². The minimum absolute atomic E-state index is 0.272. The number of aromatic nitrogens is 2. The molecular formula is C17H16ClN3S. The van der Waals surface area contributed by atoms with Crippen LogP contribution in [0.2, 0.25) is 5.28 Å². The van der Waals surface area contributed by atoms with Gasteiger partial charge in [-0.1, -0.05) is 24.3 Å². The molecule has 112 valence electrons. The van der Waals surface area contributed by atoms with E-state index in [1.54, 1.807) is 0 Å². The van der Waals surface area contributed by atoms with Crippen LogP contribution in [0.5, 0.6) is 0 Å². The highest BCUT2D eigenvalue weighted by Gasteiger charge is 2.10. The number of benzene rings is 2. The molecule has 2 aromatic carbocycles. The average Bonchev–Trinajstić information content (AvgIpc) is 2.49. The molecule has 0 saturated carbocycles. The summed E-state index contributed by atoms with van der Waals surface area (Å²) in [6, 6.07) is 14.0. The van der Waals surface area contributed by atoms with E-state index >= 15 is 0 Å². The highest BCUT2D eigenvalue weighted by atomic mass is 35.5.